The van der Waals surface area contributed by atoms with Crippen molar-refractivity contribution in [1.82, 2.24) is 15.4 Å². The molecule has 4 heteroatoms. The highest BCUT2D eigenvalue weighted by molar-refractivity contribution is 5.86. The van der Waals surface area contributed by atoms with E-state index in [1.165, 1.54) is 28.6 Å². The van der Waals surface area contributed by atoms with E-state index in [9.17, 15) is 0 Å². The summed E-state index contributed by atoms with van der Waals surface area (Å²) in [5.74, 6) is 0.596. The Labute approximate surface area is 125 Å². The standard InChI is InChI=1S/C17H24N4/c1-10-16(12-5-3-4-6-15(12)21(10)2)17-13-9-11(18)7-8-14(13)19-20-17/h3-6,11,13-14,17,19-20H,7-9,18H2,1-2H3. The Balaban J connectivity index is 1.81. The van der Waals surface area contributed by atoms with Gasteiger partial charge in [-0.25, -0.2) is 5.43 Å². The third-order valence-corrected chi connectivity index (χ3v) is 5.55. The molecule has 2 heterocycles. The molecule has 1 saturated heterocycles. The normalized spacial score (nSPS) is 32.5. The summed E-state index contributed by atoms with van der Waals surface area (Å²) in [5, 5.41) is 1.37. The van der Waals surface area contributed by atoms with Crippen molar-refractivity contribution < 1.29 is 0 Å². The molecule has 1 aliphatic heterocycles. The van der Waals surface area contributed by atoms with E-state index in [0.29, 0.717) is 24.0 Å². The third-order valence-electron chi connectivity index (χ3n) is 5.55. The highest BCUT2D eigenvalue weighted by atomic mass is 15.4. The van der Waals surface area contributed by atoms with Crippen LogP contribution in [-0.2, 0) is 7.05 Å². The summed E-state index contributed by atoms with van der Waals surface area (Å²) in [6.07, 6.45) is 3.42. The number of hydrazine groups is 1. The number of aromatic nitrogens is 1. The van der Waals surface area contributed by atoms with Crippen LogP contribution in [0.15, 0.2) is 24.3 Å². The maximum absolute atomic E-state index is 6.23. The molecular formula is C17H24N4. The van der Waals surface area contributed by atoms with E-state index < -0.39 is 0 Å². The van der Waals surface area contributed by atoms with Gasteiger partial charge in [-0.2, -0.15) is 0 Å². The lowest BCUT2D eigenvalue weighted by atomic mass is 9.77. The maximum Gasteiger partial charge on any atom is 0.0530 e. The number of para-hydroxylation sites is 1. The lowest BCUT2D eigenvalue weighted by Gasteiger charge is -2.31. The molecule has 112 valence electrons. The van der Waals surface area contributed by atoms with E-state index in [1.807, 2.05) is 0 Å². The van der Waals surface area contributed by atoms with Crippen LogP contribution >= 0.6 is 0 Å². The first-order valence-corrected chi connectivity index (χ1v) is 7.97. The molecule has 0 bridgehead atoms. The fraction of sp³-hybridized carbons (Fsp3) is 0.529. The van der Waals surface area contributed by atoms with Crippen LogP contribution in [-0.4, -0.2) is 16.7 Å². The highest BCUT2D eigenvalue weighted by Crippen LogP contribution is 2.41. The molecule has 1 saturated carbocycles. The van der Waals surface area contributed by atoms with Gasteiger partial charge >= 0.3 is 0 Å². The van der Waals surface area contributed by atoms with Crippen molar-refractivity contribution in [2.75, 3.05) is 0 Å². The Hall–Kier alpha value is -1.36. The van der Waals surface area contributed by atoms with Crippen molar-refractivity contribution in [3.05, 3.63) is 35.5 Å². The second kappa shape index (κ2) is 4.83. The van der Waals surface area contributed by atoms with Crippen LogP contribution in [0, 0.1) is 12.8 Å². The van der Waals surface area contributed by atoms with Crippen molar-refractivity contribution in [1.29, 1.82) is 0 Å². The quantitative estimate of drug-likeness (QED) is 0.752. The Bertz CT molecular complexity index is 675. The monoisotopic (exact) mass is 284 g/mol. The topological polar surface area (TPSA) is 55.0 Å². The molecule has 21 heavy (non-hydrogen) atoms. The number of nitrogens with one attached hydrogen (secondary N) is 2. The molecule has 0 radical (unpaired) electrons. The average molecular weight is 284 g/mol. The van der Waals surface area contributed by atoms with E-state index in [1.54, 1.807) is 0 Å². The molecule has 0 amide bonds. The second-order valence-corrected chi connectivity index (χ2v) is 6.69. The highest BCUT2D eigenvalue weighted by Gasteiger charge is 2.41. The van der Waals surface area contributed by atoms with Gasteiger partial charge in [0.1, 0.15) is 0 Å². The maximum atomic E-state index is 6.23. The zero-order valence-corrected chi connectivity index (χ0v) is 12.8. The molecule has 4 N–H and O–H groups in total. The van der Waals surface area contributed by atoms with Crippen LogP contribution in [0.4, 0.5) is 0 Å². The van der Waals surface area contributed by atoms with Gasteiger partial charge < -0.3 is 10.3 Å². The SMILES string of the molecule is Cc1c(C2NNC3CCC(N)CC32)c2ccccc2n1C. The summed E-state index contributed by atoms with van der Waals surface area (Å²) in [7, 11) is 2.16. The van der Waals surface area contributed by atoms with Gasteiger partial charge in [-0.05, 0) is 43.7 Å². The summed E-state index contributed by atoms with van der Waals surface area (Å²) in [5.41, 5.74) is 17.4. The van der Waals surface area contributed by atoms with E-state index >= 15 is 0 Å². The molecule has 2 aliphatic rings. The molecule has 2 fully saturated rings. The van der Waals surface area contributed by atoms with Crippen LogP contribution in [0.5, 0.6) is 0 Å². The summed E-state index contributed by atoms with van der Waals surface area (Å²) < 4.78 is 2.31. The third kappa shape index (κ3) is 1.94. The van der Waals surface area contributed by atoms with Crippen LogP contribution in [0.25, 0.3) is 10.9 Å². The minimum Gasteiger partial charge on any atom is -0.348 e. The molecule has 1 aliphatic carbocycles. The number of fused-ring (bicyclic) bond motifs is 2. The Morgan fingerprint density at radius 2 is 2.00 bits per heavy atom. The Morgan fingerprint density at radius 1 is 1.19 bits per heavy atom. The number of aryl methyl sites for hydroxylation is 1. The summed E-state index contributed by atoms with van der Waals surface area (Å²) in [6, 6.07) is 9.99. The number of benzene rings is 1. The van der Waals surface area contributed by atoms with Crippen LogP contribution in [0.2, 0.25) is 0 Å². The van der Waals surface area contributed by atoms with Crippen molar-refractivity contribution >= 4 is 10.9 Å². The fourth-order valence-corrected chi connectivity index (χ4v) is 4.32. The summed E-state index contributed by atoms with van der Waals surface area (Å²) in [6.45, 7) is 2.23. The molecule has 0 spiro atoms. The first-order chi connectivity index (χ1) is 10.2. The zero-order chi connectivity index (χ0) is 14.6. The minimum absolute atomic E-state index is 0.353. The molecule has 4 rings (SSSR count). The minimum atomic E-state index is 0.353. The number of rotatable bonds is 1. The average Bonchev–Trinajstić information content (AvgIpc) is 3.00. The summed E-state index contributed by atoms with van der Waals surface area (Å²) in [4.78, 5) is 0. The van der Waals surface area contributed by atoms with Gasteiger partial charge in [-0.15, -0.1) is 0 Å². The van der Waals surface area contributed by atoms with Gasteiger partial charge in [-0.1, -0.05) is 18.2 Å². The lowest BCUT2D eigenvalue weighted by molar-refractivity contribution is 0.279. The number of nitrogens with two attached hydrogens (primary N) is 1. The number of nitrogens with zero attached hydrogens (tertiary/aromatic N) is 1. The van der Waals surface area contributed by atoms with Gasteiger partial charge in [0.15, 0.2) is 0 Å². The van der Waals surface area contributed by atoms with Gasteiger partial charge in [0.05, 0.1) is 6.04 Å². The van der Waals surface area contributed by atoms with Crippen molar-refractivity contribution in [2.24, 2.45) is 18.7 Å². The van der Waals surface area contributed by atoms with Crippen LogP contribution < -0.4 is 16.6 Å². The predicted molar refractivity (Wildman–Crippen MR) is 85.8 cm³/mol. The van der Waals surface area contributed by atoms with Crippen LogP contribution in [0.1, 0.15) is 36.6 Å². The number of hydrogen-bond donors (Lipinski definition) is 3. The smallest absolute Gasteiger partial charge is 0.0530 e. The predicted octanol–water partition coefficient (Wildman–Crippen LogP) is 2.13. The summed E-state index contributed by atoms with van der Waals surface area (Å²) >= 11 is 0. The van der Waals surface area contributed by atoms with Gasteiger partial charge in [0, 0.05) is 35.7 Å². The molecule has 2 aromatic rings. The lowest BCUT2D eigenvalue weighted by Crippen LogP contribution is -2.39. The Kier molecular flexibility index (Phi) is 3.06. The van der Waals surface area contributed by atoms with Gasteiger partial charge in [0.25, 0.3) is 0 Å². The molecule has 4 unspecified atom stereocenters. The largest absolute Gasteiger partial charge is 0.348 e. The van der Waals surface area contributed by atoms with E-state index in [0.717, 1.165) is 12.8 Å². The first-order valence-electron chi connectivity index (χ1n) is 7.97. The van der Waals surface area contributed by atoms with Crippen LogP contribution in [0.3, 0.4) is 0 Å². The second-order valence-electron chi connectivity index (χ2n) is 6.69. The Morgan fingerprint density at radius 3 is 2.86 bits per heavy atom. The zero-order valence-electron chi connectivity index (χ0n) is 12.8. The molecule has 1 aromatic carbocycles. The first kappa shape index (κ1) is 13.3. The van der Waals surface area contributed by atoms with Crippen molar-refractivity contribution in [3.8, 4) is 0 Å². The van der Waals surface area contributed by atoms with E-state index in [4.69, 9.17) is 5.73 Å². The van der Waals surface area contributed by atoms with Crippen molar-refractivity contribution in [3.63, 3.8) is 0 Å². The van der Waals surface area contributed by atoms with E-state index in [2.05, 4.69) is 53.7 Å². The molecular weight excluding hydrogens is 260 g/mol. The molecule has 4 atom stereocenters. The fourth-order valence-electron chi connectivity index (χ4n) is 4.32. The van der Waals surface area contributed by atoms with Gasteiger partial charge in [-0.3, -0.25) is 5.43 Å². The van der Waals surface area contributed by atoms with Crippen molar-refractivity contribution in [2.45, 2.75) is 44.3 Å². The van der Waals surface area contributed by atoms with Gasteiger partial charge in [0.2, 0.25) is 0 Å². The molecule has 1 aromatic heterocycles. The molecule has 4 nitrogen and oxygen atoms in total. The number of hydrogen-bond acceptors (Lipinski definition) is 3. The van der Waals surface area contributed by atoms with E-state index in [-0.39, 0.29) is 0 Å².